The smallest absolute Gasteiger partial charge is 0.226 e. The van der Waals surface area contributed by atoms with E-state index in [1.165, 1.54) is 0 Å². The minimum Gasteiger partial charge on any atom is -0.497 e. The van der Waals surface area contributed by atoms with Crippen LogP contribution in [0.15, 0.2) is 53.7 Å². The fourth-order valence-electron chi connectivity index (χ4n) is 4.43. The number of para-hydroxylation sites is 1. The molecule has 1 atom stereocenters. The first kappa shape index (κ1) is 20.1. The van der Waals surface area contributed by atoms with Gasteiger partial charge >= 0.3 is 0 Å². The summed E-state index contributed by atoms with van der Waals surface area (Å²) in [6, 6.07) is 12.8. The predicted octanol–water partition coefficient (Wildman–Crippen LogP) is 3.99. The van der Waals surface area contributed by atoms with Gasteiger partial charge in [-0.05, 0) is 43.2 Å². The molecule has 1 aliphatic heterocycles. The van der Waals surface area contributed by atoms with Gasteiger partial charge in [0.05, 0.1) is 21.3 Å². The topological polar surface area (TPSA) is 87.5 Å². The molecule has 1 N–H and O–H groups in total. The molecule has 0 amide bonds. The van der Waals surface area contributed by atoms with Crippen LogP contribution in [0.4, 0.5) is 5.95 Å². The third-order valence-corrected chi connectivity index (χ3v) is 5.94. The third-order valence-electron chi connectivity index (χ3n) is 5.94. The van der Waals surface area contributed by atoms with Crippen molar-refractivity contribution in [2.45, 2.75) is 25.3 Å². The average Bonchev–Trinajstić information content (AvgIpc) is 3.26. The van der Waals surface area contributed by atoms with Gasteiger partial charge in [-0.1, -0.05) is 12.1 Å². The van der Waals surface area contributed by atoms with Gasteiger partial charge in [0.1, 0.15) is 11.8 Å². The van der Waals surface area contributed by atoms with E-state index in [1.807, 2.05) is 42.5 Å². The molecule has 2 aromatic carbocycles. The quantitative estimate of drug-likeness (QED) is 0.652. The van der Waals surface area contributed by atoms with Gasteiger partial charge < -0.3 is 19.5 Å². The summed E-state index contributed by atoms with van der Waals surface area (Å²) in [5, 5.41) is 8.17. The Labute approximate surface area is 185 Å². The van der Waals surface area contributed by atoms with Crippen LogP contribution in [0.2, 0.25) is 0 Å². The lowest BCUT2D eigenvalue weighted by molar-refractivity contribution is -0.116. The summed E-state index contributed by atoms with van der Waals surface area (Å²) in [4.78, 5) is 17.8. The number of nitrogens with zero attached hydrogens (tertiary/aromatic N) is 3. The molecule has 0 radical (unpaired) electrons. The zero-order chi connectivity index (χ0) is 22.2. The number of hydrogen-bond acceptors (Lipinski definition) is 7. The highest BCUT2D eigenvalue weighted by molar-refractivity contribution is 5.99. The summed E-state index contributed by atoms with van der Waals surface area (Å²) < 4.78 is 18.3. The van der Waals surface area contributed by atoms with Crippen LogP contribution in [0.1, 0.15) is 30.9 Å². The van der Waals surface area contributed by atoms with E-state index in [1.54, 1.807) is 26.0 Å². The minimum absolute atomic E-state index is 0.112. The Morgan fingerprint density at radius 1 is 1.00 bits per heavy atom. The molecule has 1 aliphatic carbocycles. The Balaban J connectivity index is 1.69. The summed E-state index contributed by atoms with van der Waals surface area (Å²) in [6.07, 6.45) is 2.11. The number of rotatable bonds is 5. The lowest BCUT2D eigenvalue weighted by Gasteiger charge is -2.32. The standard InChI is InChI=1S/C24H24N4O4/c1-30-15-12-10-14(11-13-15)23-26-24-25-17-7-5-8-18(29)20(17)21(28(24)27-23)16-6-4-9-19(31-2)22(16)32-3/h4,6,9-13,21H,5,7-8H2,1-3H3,(H,25,26,27)/t21-/m1/s1. The number of nitrogens with one attached hydrogen (secondary N) is 1. The molecule has 0 saturated heterocycles. The van der Waals surface area contributed by atoms with Crippen molar-refractivity contribution in [3.05, 3.63) is 59.3 Å². The molecule has 0 fully saturated rings. The van der Waals surface area contributed by atoms with E-state index in [9.17, 15) is 4.79 Å². The second kappa shape index (κ2) is 8.03. The summed E-state index contributed by atoms with van der Waals surface area (Å²) >= 11 is 0. The van der Waals surface area contributed by atoms with Gasteiger partial charge in [0, 0.05) is 28.8 Å². The first-order valence-corrected chi connectivity index (χ1v) is 10.5. The number of carbonyl (C=O) groups is 1. The Morgan fingerprint density at radius 3 is 2.53 bits per heavy atom. The van der Waals surface area contributed by atoms with Crippen LogP contribution >= 0.6 is 0 Å². The zero-order valence-electron chi connectivity index (χ0n) is 18.2. The van der Waals surface area contributed by atoms with E-state index in [0.29, 0.717) is 35.3 Å². The number of ketones is 1. The van der Waals surface area contributed by atoms with Crippen molar-refractivity contribution in [3.63, 3.8) is 0 Å². The highest BCUT2D eigenvalue weighted by Gasteiger charge is 2.38. The molecule has 5 rings (SSSR count). The molecule has 32 heavy (non-hydrogen) atoms. The van der Waals surface area contributed by atoms with Gasteiger partial charge in [-0.3, -0.25) is 4.79 Å². The van der Waals surface area contributed by atoms with Gasteiger partial charge in [0.2, 0.25) is 5.95 Å². The first-order chi connectivity index (χ1) is 15.6. The van der Waals surface area contributed by atoms with E-state index in [0.717, 1.165) is 35.4 Å². The van der Waals surface area contributed by atoms with E-state index in [-0.39, 0.29) is 5.78 Å². The summed E-state index contributed by atoms with van der Waals surface area (Å²) in [6.45, 7) is 0. The number of Topliss-reactive ketones (excluding diaryl/α,β-unsaturated/α-hetero) is 1. The molecule has 2 aliphatic rings. The highest BCUT2D eigenvalue weighted by Crippen LogP contribution is 2.45. The van der Waals surface area contributed by atoms with Crippen molar-refractivity contribution in [1.82, 2.24) is 14.8 Å². The molecule has 2 heterocycles. The van der Waals surface area contributed by atoms with Crippen molar-refractivity contribution in [2.75, 3.05) is 26.6 Å². The van der Waals surface area contributed by atoms with Gasteiger partial charge in [0.15, 0.2) is 23.1 Å². The molecule has 8 nitrogen and oxygen atoms in total. The predicted molar refractivity (Wildman–Crippen MR) is 119 cm³/mol. The maximum absolute atomic E-state index is 13.1. The highest BCUT2D eigenvalue weighted by atomic mass is 16.5. The lowest BCUT2D eigenvalue weighted by Crippen LogP contribution is -2.31. The molecule has 164 valence electrons. The number of aromatic nitrogens is 3. The van der Waals surface area contributed by atoms with Crippen molar-refractivity contribution < 1.29 is 19.0 Å². The van der Waals surface area contributed by atoms with Crippen LogP contribution in [0.25, 0.3) is 11.4 Å². The van der Waals surface area contributed by atoms with Crippen LogP contribution in [0, 0.1) is 0 Å². The van der Waals surface area contributed by atoms with Crippen molar-refractivity contribution >= 4 is 11.7 Å². The Hall–Kier alpha value is -3.81. The number of anilines is 1. The molecule has 8 heteroatoms. The summed E-state index contributed by atoms with van der Waals surface area (Å²) in [5.74, 6) is 3.22. The molecule has 0 spiro atoms. The fraction of sp³-hybridized carbons (Fsp3) is 0.292. The monoisotopic (exact) mass is 432 g/mol. The molecule has 0 saturated carbocycles. The summed E-state index contributed by atoms with van der Waals surface area (Å²) in [7, 11) is 4.83. The van der Waals surface area contributed by atoms with Gasteiger partial charge in [0.25, 0.3) is 0 Å². The normalized spacial score (nSPS) is 17.3. The second-order valence-corrected chi connectivity index (χ2v) is 7.71. The zero-order valence-corrected chi connectivity index (χ0v) is 18.2. The molecule has 0 unspecified atom stereocenters. The Morgan fingerprint density at radius 2 is 1.81 bits per heavy atom. The van der Waals surface area contributed by atoms with E-state index >= 15 is 0 Å². The maximum atomic E-state index is 13.1. The number of benzene rings is 2. The van der Waals surface area contributed by atoms with Crippen LogP contribution in [-0.2, 0) is 4.79 Å². The first-order valence-electron chi connectivity index (χ1n) is 10.5. The van der Waals surface area contributed by atoms with Gasteiger partial charge in [-0.2, -0.15) is 4.98 Å². The number of carbonyl (C=O) groups excluding carboxylic acids is 1. The molecular formula is C24H24N4O4. The van der Waals surface area contributed by atoms with E-state index in [4.69, 9.17) is 24.3 Å². The summed E-state index contributed by atoms with van der Waals surface area (Å²) in [5.41, 5.74) is 3.28. The van der Waals surface area contributed by atoms with Crippen LogP contribution in [-0.4, -0.2) is 41.9 Å². The van der Waals surface area contributed by atoms with Crippen molar-refractivity contribution in [3.8, 4) is 28.6 Å². The minimum atomic E-state index is -0.460. The third kappa shape index (κ3) is 3.19. The lowest BCUT2D eigenvalue weighted by atomic mass is 9.85. The second-order valence-electron chi connectivity index (χ2n) is 7.71. The fourth-order valence-corrected chi connectivity index (χ4v) is 4.43. The Kier molecular flexibility index (Phi) is 5.05. The molecule has 0 bridgehead atoms. The van der Waals surface area contributed by atoms with Crippen LogP contribution in [0.5, 0.6) is 17.2 Å². The number of fused-ring (bicyclic) bond motifs is 1. The number of hydrogen-bond donors (Lipinski definition) is 1. The van der Waals surface area contributed by atoms with Gasteiger partial charge in [-0.25, -0.2) is 4.68 Å². The van der Waals surface area contributed by atoms with Gasteiger partial charge in [-0.15, -0.1) is 5.10 Å². The Bertz CT molecular complexity index is 1210. The number of ether oxygens (including phenoxy) is 3. The van der Waals surface area contributed by atoms with Crippen molar-refractivity contribution in [2.24, 2.45) is 0 Å². The molecule has 1 aromatic heterocycles. The van der Waals surface area contributed by atoms with Crippen LogP contribution in [0.3, 0.4) is 0 Å². The average molecular weight is 432 g/mol. The van der Waals surface area contributed by atoms with Crippen LogP contribution < -0.4 is 19.5 Å². The molecular weight excluding hydrogens is 408 g/mol. The number of allylic oxidation sites excluding steroid dienone is 2. The molecule has 3 aromatic rings. The largest absolute Gasteiger partial charge is 0.497 e. The SMILES string of the molecule is COc1ccc(-c2nc3n(n2)[C@H](c2cccc(OC)c2OC)C2=C(CCCC2=O)N3)cc1. The van der Waals surface area contributed by atoms with E-state index < -0.39 is 6.04 Å². The maximum Gasteiger partial charge on any atom is 0.226 e. The van der Waals surface area contributed by atoms with Crippen molar-refractivity contribution in [1.29, 1.82) is 0 Å². The number of methoxy groups -OCH3 is 3. The van der Waals surface area contributed by atoms with E-state index in [2.05, 4.69) is 5.32 Å².